The summed E-state index contributed by atoms with van der Waals surface area (Å²) in [5.41, 5.74) is 4.62. The van der Waals surface area contributed by atoms with Crippen LogP contribution < -0.4 is 11.1 Å². The number of rotatable bonds is 5. The second-order valence-corrected chi connectivity index (χ2v) is 10.7. The van der Waals surface area contributed by atoms with Crippen molar-refractivity contribution in [3.63, 3.8) is 0 Å². The fourth-order valence-electron chi connectivity index (χ4n) is 4.66. The Balaban J connectivity index is 0.000000178. The zero-order valence-electron chi connectivity index (χ0n) is 24.9. The lowest BCUT2D eigenvalue weighted by atomic mass is 10.0. The molecule has 0 aliphatic carbocycles. The molecule has 0 fully saturated rings. The van der Waals surface area contributed by atoms with Crippen LogP contribution in [0.1, 0.15) is 5.82 Å². The van der Waals surface area contributed by atoms with E-state index in [1.807, 2.05) is 6.26 Å². The van der Waals surface area contributed by atoms with Crippen molar-refractivity contribution < 1.29 is 8.78 Å². The monoisotopic (exact) mass is 622 g/mol. The summed E-state index contributed by atoms with van der Waals surface area (Å²) in [7, 11) is 3.36. The van der Waals surface area contributed by atoms with Crippen LogP contribution in [-0.4, -0.2) is 35.3 Å². The van der Waals surface area contributed by atoms with Crippen molar-refractivity contribution in [3.8, 4) is 44.8 Å². The zero-order chi connectivity index (χ0) is 32.1. The lowest BCUT2D eigenvalue weighted by Gasteiger charge is -2.13. The highest BCUT2D eigenvalue weighted by molar-refractivity contribution is 7.98. The van der Waals surface area contributed by atoms with E-state index in [9.17, 15) is 18.4 Å². The Bertz CT molecular complexity index is 2070. The molecule has 45 heavy (non-hydrogen) atoms. The van der Waals surface area contributed by atoms with Crippen LogP contribution in [-0.2, 0) is 14.1 Å². The molecule has 11 heteroatoms. The van der Waals surface area contributed by atoms with E-state index in [1.165, 1.54) is 45.2 Å². The van der Waals surface area contributed by atoms with E-state index in [0.717, 1.165) is 11.1 Å². The lowest BCUT2D eigenvalue weighted by molar-refractivity contribution is 0.627. The highest BCUT2D eigenvalue weighted by Crippen LogP contribution is 2.30. The number of thioether (sulfide) groups is 1. The highest BCUT2D eigenvalue weighted by atomic mass is 32.2. The fraction of sp³-hybridized carbons (Fsp3) is 0.118. The number of halogens is 2. The Morgan fingerprint density at radius 1 is 0.578 bits per heavy atom. The third kappa shape index (κ3) is 6.63. The summed E-state index contributed by atoms with van der Waals surface area (Å²) in [4.78, 5) is 42.7. The van der Waals surface area contributed by atoms with Crippen LogP contribution in [0.25, 0.3) is 44.8 Å². The first kappa shape index (κ1) is 31.1. The molecule has 4 heterocycles. The zero-order valence-corrected chi connectivity index (χ0v) is 25.7. The molecule has 0 unspecified atom stereocenters. The number of nitrogens with zero attached hydrogens (tertiary/aromatic N) is 6. The Hall–Kier alpha value is -5.29. The normalized spacial score (nSPS) is 10.7. The Labute approximate surface area is 262 Å². The molecule has 6 aromatic rings. The molecule has 0 amide bonds. The molecule has 226 valence electrons. The number of pyridine rings is 2. The van der Waals surface area contributed by atoms with Crippen molar-refractivity contribution in [3.05, 3.63) is 136 Å². The van der Waals surface area contributed by atoms with Crippen LogP contribution in [0.3, 0.4) is 0 Å². The number of hydrogen-bond donors (Lipinski definition) is 0. The van der Waals surface area contributed by atoms with Crippen LogP contribution in [0.2, 0.25) is 0 Å². The SMILES string of the molecule is CSc1nc(-c2ccncc2)c(-c2ccc(F)cc2)c(=O)n1C.Cc1nc(-c2ccncc2)c(-c2ccc(F)cc2)c(=O)n1C. The standard InChI is InChI=1S/C17H14FN3OS.C17H14FN3O/c1-21-16(22)14(11-3-5-13(18)6-4-11)15(20-17(21)23-2)12-7-9-19-10-8-12;1-11-20-16(13-7-9-19-10-8-13)15(17(22)21(11)2)12-3-5-14(18)6-4-12/h3-10H,1-2H3;3-10H,1-2H3. The van der Waals surface area contributed by atoms with Crippen LogP contribution >= 0.6 is 11.8 Å². The molecule has 6 rings (SSSR count). The van der Waals surface area contributed by atoms with Crippen LogP contribution in [0.4, 0.5) is 8.78 Å². The molecule has 4 aromatic heterocycles. The van der Waals surface area contributed by atoms with Crippen molar-refractivity contribution >= 4 is 11.8 Å². The molecule has 0 atom stereocenters. The van der Waals surface area contributed by atoms with E-state index in [-0.39, 0.29) is 22.8 Å². The molecule has 0 aliphatic rings. The van der Waals surface area contributed by atoms with Gasteiger partial charge in [0, 0.05) is 50.0 Å². The fourth-order valence-corrected chi connectivity index (χ4v) is 5.20. The largest absolute Gasteiger partial charge is 0.299 e. The minimum atomic E-state index is -0.343. The van der Waals surface area contributed by atoms with E-state index >= 15 is 0 Å². The maximum atomic E-state index is 13.2. The number of aryl methyl sites for hydroxylation is 1. The maximum absolute atomic E-state index is 13.2. The van der Waals surface area contributed by atoms with Gasteiger partial charge < -0.3 is 0 Å². The van der Waals surface area contributed by atoms with Gasteiger partial charge in [-0.25, -0.2) is 18.7 Å². The predicted molar refractivity (Wildman–Crippen MR) is 173 cm³/mol. The van der Waals surface area contributed by atoms with E-state index in [2.05, 4.69) is 19.9 Å². The molecule has 0 radical (unpaired) electrons. The number of benzene rings is 2. The summed E-state index contributed by atoms with van der Waals surface area (Å²) in [6.07, 6.45) is 8.48. The quantitative estimate of drug-likeness (QED) is 0.164. The van der Waals surface area contributed by atoms with E-state index in [4.69, 9.17) is 0 Å². The summed E-state index contributed by atoms with van der Waals surface area (Å²) in [5, 5.41) is 0.618. The van der Waals surface area contributed by atoms with Crippen molar-refractivity contribution in [2.75, 3.05) is 6.26 Å². The van der Waals surface area contributed by atoms with Gasteiger partial charge in [-0.05, 0) is 72.8 Å². The lowest BCUT2D eigenvalue weighted by Crippen LogP contribution is -2.23. The third-order valence-corrected chi connectivity index (χ3v) is 7.85. The van der Waals surface area contributed by atoms with Gasteiger partial charge in [-0.3, -0.25) is 28.7 Å². The van der Waals surface area contributed by atoms with Gasteiger partial charge in [-0.2, -0.15) is 0 Å². The average Bonchev–Trinajstić information content (AvgIpc) is 3.07. The number of hydrogen-bond acceptors (Lipinski definition) is 7. The Kier molecular flexibility index (Phi) is 9.39. The van der Waals surface area contributed by atoms with Gasteiger partial charge in [-0.15, -0.1) is 0 Å². The molecule has 8 nitrogen and oxygen atoms in total. The minimum Gasteiger partial charge on any atom is -0.299 e. The van der Waals surface area contributed by atoms with Crippen molar-refractivity contribution in [1.82, 2.24) is 29.1 Å². The third-order valence-electron chi connectivity index (χ3n) is 7.12. The summed E-state index contributed by atoms with van der Waals surface area (Å²) >= 11 is 1.40. The van der Waals surface area contributed by atoms with Crippen LogP contribution in [0.15, 0.2) is 112 Å². The molecule has 0 bridgehead atoms. The first-order valence-corrected chi connectivity index (χ1v) is 15.0. The van der Waals surface area contributed by atoms with E-state index in [1.54, 1.807) is 94.3 Å². The van der Waals surface area contributed by atoms with Crippen molar-refractivity contribution in [1.29, 1.82) is 0 Å². The van der Waals surface area contributed by atoms with Crippen LogP contribution in [0, 0.1) is 18.6 Å². The minimum absolute atomic E-state index is 0.161. The predicted octanol–water partition coefficient (Wildman–Crippen LogP) is 6.33. The highest BCUT2D eigenvalue weighted by Gasteiger charge is 2.18. The molecular formula is C34H28F2N6O2S. The first-order chi connectivity index (χ1) is 21.7. The van der Waals surface area contributed by atoms with Gasteiger partial charge in [0.2, 0.25) is 0 Å². The topological polar surface area (TPSA) is 95.6 Å². The van der Waals surface area contributed by atoms with E-state index in [0.29, 0.717) is 44.6 Å². The number of aromatic nitrogens is 6. The summed E-state index contributed by atoms with van der Waals surface area (Å²) in [6.45, 7) is 1.78. The molecular weight excluding hydrogens is 594 g/mol. The molecule has 0 saturated carbocycles. The van der Waals surface area contributed by atoms with Gasteiger partial charge in [0.05, 0.1) is 22.5 Å². The van der Waals surface area contributed by atoms with Crippen molar-refractivity contribution in [2.45, 2.75) is 12.1 Å². The molecule has 0 saturated heterocycles. The van der Waals surface area contributed by atoms with Gasteiger partial charge in [0.15, 0.2) is 5.16 Å². The van der Waals surface area contributed by atoms with Gasteiger partial charge >= 0.3 is 0 Å². The summed E-state index contributed by atoms with van der Waals surface area (Å²) in [5.74, 6) is -0.0708. The molecule has 0 aliphatic heterocycles. The molecule has 0 N–H and O–H groups in total. The molecule has 2 aromatic carbocycles. The Morgan fingerprint density at radius 2 is 0.978 bits per heavy atom. The van der Waals surface area contributed by atoms with Gasteiger partial charge in [0.25, 0.3) is 11.1 Å². The first-order valence-electron chi connectivity index (χ1n) is 13.7. The molecule has 0 spiro atoms. The Morgan fingerprint density at radius 3 is 1.40 bits per heavy atom. The average molecular weight is 623 g/mol. The van der Waals surface area contributed by atoms with E-state index < -0.39 is 0 Å². The van der Waals surface area contributed by atoms with Gasteiger partial charge in [-0.1, -0.05) is 36.0 Å². The van der Waals surface area contributed by atoms with Crippen molar-refractivity contribution in [2.24, 2.45) is 14.1 Å². The van der Waals surface area contributed by atoms with Gasteiger partial charge in [0.1, 0.15) is 17.5 Å². The maximum Gasteiger partial charge on any atom is 0.262 e. The smallest absolute Gasteiger partial charge is 0.262 e. The second kappa shape index (κ2) is 13.6. The second-order valence-electron chi connectivity index (χ2n) is 9.92. The summed E-state index contributed by atoms with van der Waals surface area (Å²) in [6, 6.07) is 18.9. The summed E-state index contributed by atoms with van der Waals surface area (Å²) < 4.78 is 29.4. The van der Waals surface area contributed by atoms with Crippen LogP contribution in [0.5, 0.6) is 0 Å².